The molecule has 5 nitrogen and oxygen atoms in total. The summed E-state index contributed by atoms with van der Waals surface area (Å²) >= 11 is 1.71. The van der Waals surface area contributed by atoms with Crippen molar-refractivity contribution in [3.05, 3.63) is 16.6 Å². The van der Waals surface area contributed by atoms with Crippen molar-refractivity contribution in [2.45, 2.75) is 50.6 Å². The van der Waals surface area contributed by atoms with Crippen LogP contribution < -0.4 is 10.6 Å². The van der Waals surface area contributed by atoms with Crippen molar-refractivity contribution in [1.82, 2.24) is 20.5 Å². The number of nitrogens with zero attached hydrogens (tertiary/aromatic N) is 3. The van der Waals surface area contributed by atoms with E-state index >= 15 is 0 Å². The monoisotopic (exact) mass is 321 g/mol. The fourth-order valence-corrected chi connectivity index (χ4v) is 4.18. The Morgan fingerprint density at radius 1 is 1.41 bits per heavy atom. The van der Waals surface area contributed by atoms with E-state index in [0.29, 0.717) is 6.04 Å². The van der Waals surface area contributed by atoms with Crippen LogP contribution in [0, 0.1) is 0 Å². The number of thiazole rings is 1. The number of rotatable bonds is 5. The summed E-state index contributed by atoms with van der Waals surface area (Å²) in [4.78, 5) is 11.3. The second kappa shape index (κ2) is 7.92. The first-order valence-corrected chi connectivity index (χ1v) is 9.32. The lowest BCUT2D eigenvalue weighted by molar-refractivity contribution is 0.242. The molecule has 122 valence electrons. The number of hydrogen-bond donors (Lipinski definition) is 2. The van der Waals surface area contributed by atoms with Crippen molar-refractivity contribution in [3.63, 3.8) is 0 Å². The average Bonchev–Trinajstić information content (AvgIpc) is 3.27. The van der Waals surface area contributed by atoms with Gasteiger partial charge in [-0.2, -0.15) is 0 Å². The summed E-state index contributed by atoms with van der Waals surface area (Å²) in [6, 6.07) is 1.37. The second-order valence-electron chi connectivity index (χ2n) is 6.24. The minimum absolute atomic E-state index is 0.534. The van der Waals surface area contributed by atoms with Gasteiger partial charge in [-0.25, -0.2) is 4.98 Å². The molecule has 2 heterocycles. The van der Waals surface area contributed by atoms with Crippen LogP contribution >= 0.6 is 11.3 Å². The topological polar surface area (TPSA) is 52.6 Å². The lowest BCUT2D eigenvalue weighted by atomic mass is 10.2. The number of guanidine groups is 1. The molecule has 2 aliphatic rings. The van der Waals surface area contributed by atoms with E-state index in [-0.39, 0.29) is 0 Å². The van der Waals surface area contributed by atoms with Crippen molar-refractivity contribution in [3.8, 4) is 0 Å². The van der Waals surface area contributed by atoms with E-state index in [4.69, 9.17) is 0 Å². The Bertz CT molecular complexity index is 467. The van der Waals surface area contributed by atoms with Crippen LogP contribution in [0.15, 0.2) is 16.6 Å². The van der Waals surface area contributed by atoms with Crippen molar-refractivity contribution < 1.29 is 0 Å². The van der Waals surface area contributed by atoms with Gasteiger partial charge in [0.1, 0.15) is 0 Å². The summed E-state index contributed by atoms with van der Waals surface area (Å²) < 4.78 is 0. The van der Waals surface area contributed by atoms with Gasteiger partial charge in [-0.15, -0.1) is 11.3 Å². The van der Waals surface area contributed by atoms with Crippen LogP contribution in [0.4, 0.5) is 0 Å². The number of nitrogens with one attached hydrogen (secondary N) is 2. The highest BCUT2D eigenvalue weighted by Gasteiger charge is 2.30. The molecule has 6 heteroatoms. The maximum Gasteiger partial charge on any atom is 0.191 e. The zero-order chi connectivity index (χ0) is 15.2. The van der Waals surface area contributed by atoms with E-state index in [1.807, 2.05) is 18.6 Å². The highest BCUT2D eigenvalue weighted by Crippen LogP contribution is 2.26. The minimum Gasteiger partial charge on any atom is -0.356 e. The average molecular weight is 321 g/mol. The largest absolute Gasteiger partial charge is 0.356 e. The van der Waals surface area contributed by atoms with Gasteiger partial charge in [0.15, 0.2) is 5.96 Å². The number of aromatic nitrogens is 1. The molecule has 0 radical (unpaired) electrons. The summed E-state index contributed by atoms with van der Waals surface area (Å²) in [6.07, 6.45) is 9.67. The predicted molar refractivity (Wildman–Crippen MR) is 92.5 cm³/mol. The quantitative estimate of drug-likeness (QED) is 0.642. The lowest BCUT2D eigenvalue weighted by Gasteiger charge is -2.24. The van der Waals surface area contributed by atoms with E-state index in [9.17, 15) is 0 Å². The summed E-state index contributed by atoms with van der Waals surface area (Å²) in [5.74, 6) is 0.926. The maximum absolute atomic E-state index is 4.35. The standard InChI is InChI=1S/C16H27N5S/c1-17-16(19-8-6-15-18-9-11-22-15)20-13-7-10-21(12-13)14-4-2-3-5-14/h9,11,13-14H,2-8,10,12H2,1H3,(H2,17,19,20). The Balaban J connectivity index is 1.39. The fraction of sp³-hybridized carbons (Fsp3) is 0.750. The Labute approximate surface area is 137 Å². The Hall–Kier alpha value is -1.14. The van der Waals surface area contributed by atoms with Crippen LogP contribution in [0.3, 0.4) is 0 Å². The van der Waals surface area contributed by atoms with Gasteiger partial charge < -0.3 is 10.6 Å². The van der Waals surface area contributed by atoms with Gasteiger partial charge in [-0.05, 0) is 19.3 Å². The van der Waals surface area contributed by atoms with E-state index in [1.54, 1.807) is 11.3 Å². The van der Waals surface area contributed by atoms with Crippen molar-refractivity contribution in [2.75, 3.05) is 26.7 Å². The number of hydrogen-bond acceptors (Lipinski definition) is 4. The molecule has 2 N–H and O–H groups in total. The molecule has 1 aliphatic heterocycles. The highest BCUT2D eigenvalue weighted by atomic mass is 32.1. The molecule has 0 aromatic carbocycles. The molecule has 1 aromatic rings. The molecular formula is C16H27N5S. The first-order chi connectivity index (χ1) is 10.8. The minimum atomic E-state index is 0.534. The molecular weight excluding hydrogens is 294 g/mol. The van der Waals surface area contributed by atoms with Crippen LogP contribution in [0.1, 0.15) is 37.1 Å². The highest BCUT2D eigenvalue weighted by molar-refractivity contribution is 7.09. The predicted octanol–water partition coefficient (Wildman–Crippen LogP) is 1.87. The zero-order valence-corrected chi connectivity index (χ0v) is 14.2. The third-order valence-corrected chi connectivity index (χ3v) is 5.58. The SMILES string of the molecule is CN=C(NCCc1nccs1)NC1CCN(C2CCCC2)C1. The van der Waals surface area contributed by atoms with E-state index in [2.05, 4.69) is 25.5 Å². The van der Waals surface area contributed by atoms with Gasteiger partial charge in [-0.3, -0.25) is 9.89 Å². The number of aliphatic imine (C=N–C) groups is 1. The van der Waals surface area contributed by atoms with Crippen LogP contribution in [0.25, 0.3) is 0 Å². The maximum atomic E-state index is 4.35. The van der Waals surface area contributed by atoms with Crippen LogP contribution in [-0.4, -0.2) is 54.6 Å². The van der Waals surface area contributed by atoms with E-state index < -0.39 is 0 Å². The molecule has 1 atom stereocenters. The Morgan fingerprint density at radius 2 is 2.27 bits per heavy atom. The summed E-state index contributed by atoms with van der Waals surface area (Å²) in [5, 5.41) is 10.2. The third-order valence-electron chi connectivity index (χ3n) is 4.74. The molecule has 0 amide bonds. The van der Waals surface area contributed by atoms with Crippen molar-refractivity contribution >= 4 is 17.3 Å². The third kappa shape index (κ3) is 4.20. The van der Waals surface area contributed by atoms with Gasteiger partial charge in [-0.1, -0.05) is 12.8 Å². The van der Waals surface area contributed by atoms with Crippen molar-refractivity contribution in [1.29, 1.82) is 0 Å². The van der Waals surface area contributed by atoms with Crippen molar-refractivity contribution in [2.24, 2.45) is 4.99 Å². The van der Waals surface area contributed by atoms with Crippen LogP contribution in [-0.2, 0) is 6.42 Å². The Kier molecular flexibility index (Phi) is 5.67. The van der Waals surface area contributed by atoms with Crippen LogP contribution in [0.5, 0.6) is 0 Å². The zero-order valence-electron chi connectivity index (χ0n) is 13.4. The normalized spacial score (nSPS) is 24.0. The smallest absolute Gasteiger partial charge is 0.191 e. The van der Waals surface area contributed by atoms with E-state index in [0.717, 1.165) is 31.5 Å². The molecule has 1 saturated carbocycles. The summed E-state index contributed by atoms with van der Waals surface area (Å²) in [5.41, 5.74) is 0. The summed E-state index contributed by atoms with van der Waals surface area (Å²) in [7, 11) is 1.85. The lowest BCUT2D eigenvalue weighted by Crippen LogP contribution is -2.45. The van der Waals surface area contributed by atoms with Gasteiger partial charge in [0.25, 0.3) is 0 Å². The molecule has 1 unspecified atom stereocenters. The van der Waals surface area contributed by atoms with Crippen LogP contribution in [0.2, 0.25) is 0 Å². The van der Waals surface area contributed by atoms with E-state index in [1.165, 1.54) is 43.7 Å². The molecule has 0 bridgehead atoms. The molecule has 1 aromatic heterocycles. The molecule has 22 heavy (non-hydrogen) atoms. The van der Waals surface area contributed by atoms with Gasteiger partial charge in [0, 0.05) is 56.8 Å². The fourth-order valence-electron chi connectivity index (χ4n) is 3.56. The first-order valence-electron chi connectivity index (χ1n) is 8.45. The number of likely N-dealkylation sites (tertiary alicyclic amines) is 1. The van der Waals surface area contributed by atoms with Gasteiger partial charge >= 0.3 is 0 Å². The Morgan fingerprint density at radius 3 is 3.00 bits per heavy atom. The summed E-state index contributed by atoms with van der Waals surface area (Å²) in [6.45, 7) is 3.28. The first kappa shape index (κ1) is 15.7. The molecule has 1 aliphatic carbocycles. The van der Waals surface area contributed by atoms with Gasteiger partial charge in [0.2, 0.25) is 0 Å². The molecule has 2 fully saturated rings. The molecule has 0 spiro atoms. The second-order valence-corrected chi connectivity index (χ2v) is 7.22. The molecule has 1 saturated heterocycles. The van der Waals surface area contributed by atoms with Gasteiger partial charge in [0.05, 0.1) is 5.01 Å². The molecule has 3 rings (SSSR count).